The number of hydrogen-bond acceptors (Lipinski definition) is 4. The summed E-state index contributed by atoms with van der Waals surface area (Å²) in [6, 6.07) is 18.0. The number of benzene rings is 3. The minimum Gasteiger partial charge on any atom is -0.350 e. The van der Waals surface area contributed by atoms with Gasteiger partial charge in [0.2, 0.25) is 11.8 Å². The van der Waals surface area contributed by atoms with E-state index in [-0.39, 0.29) is 28.1 Å². The summed E-state index contributed by atoms with van der Waals surface area (Å²) in [5.74, 6) is -0.987. The number of amides is 2. The van der Waals surface area contributed by atoms with Gasteiger partial charge in [-0.3, -0.25) is 13.9 Å². The summed E-state index contributed by atoms with van der Waals surface area (Å²) in [5, 5.41) is 3.77. The van der Waals surface area contributed by atoms with Crippen LogP contribution < -0.4 is 9.62 Å². The van der Waals surface area contributed by atoms with Crippen molar-refractivity contribution in [3.8, 4) is 0 Å². The van der Waals surface area contributed by atoms with Gasteiger partial charge in [0.1, 0.15) is 12.6 Å². The predicted octanol–water partition coefficient (Wildman–Crippen LogP) is 6.17. The molecule has 0 aliphatic rings. The van der Waals surface area contributed by atoms with Crippen molar-refractivity contribution in [3.05, 3.63) is 93.4 Å². The van der Waals surface area contributed by atoms with Crippen molar-refractivity contribution < 1.29 is 18.0 Å². The van der Waals surface area contributed by atoms with Crippen LogP contribution in [0.25, 0.3) is 0 Å². The van der Waals surface area contributed by atoms with Crippen molar-refractivity contribution >= 4 is 62.3 Å². The summed E-state index contributed by atoms with van der Waals surface area (Å²) in [6.45, 7) is 6.53. The summed E-state index contributed by atoms with van der Waals surface area (Å²) >= 11 is 18.5. The highest BCUT2D eigenvalue weighted by atomic mass is 35.5. The first-order valence-electron chi connectivity index (χ1n) is 12.1. The summed E-state index contributed by atoms with van der Waals surface area (Å²) in [6.07, 6.45) is 0. The van der Waals surface area contributed by atoms with Crippen LogP contribution in [0.2, 0.25) is 15.1 Å². The molecule has 3 aromatic rings. The van der Waals surface area contributed by atoms with Crippen LogP contribution in [0.1, 0.15) is 33.3 Å². The number of carbonyl (C=O) groups is 2. The van der Waals surface area contributed by atoms with Crippen molar-refractivity contribution in [2.45, 2.75) is 50.7 Å². The second kappa shape index (κ2) is 12.6. The van der Waals surface area contributed by atoms with Gasteiger partial charge in [-0.2, -0.15) is 0 Å². The zero-order valence-corrected chi connectivity index (χ0v) is 25.1. The average Bonchev–Trinajstić information content (AvgIpc) is 2.86. The summed E-state index contributed by atoms with van der Waals surface area (Å²) in [7, 11) is -4.23. The van der Waals surface area contributed by atoms with E-state index in [9.17, 15) is 18.0 Å². The molecule has 208 valence electrons. The molecule has 1 N–H and O–H groups in total. The zero-order valence-electron chi connectivity index (χ0n) is 22.0. The molecule has 0 saturated carbocycles. The molecule has 2 amide bonds. The fourth-order valence-electron chi connectivity index (χ4n) is 3.76. The molecule has 1 atom stereocenters. The Morgan fingerprint density at radius 2 is 1.49 bits per heavy atom. The van der Waals surface area contributed by atoms with Crippen molar-refractivity contribution in [2.24, 2.45) is 0 Å². The summed E-state index contributed by atoms with van der Waals surface area (Å²) in [4.78, 5) is 28.3. The van der Waals surface area contributed by atoms with Crippen LogP contribution in [0.4, 0.5) is 5.69 Å². The molecule has 1 unspecified atom stereocenters. The van der Waals surface area contributed by atoms with Crippen LogP contribution in [0, 0.1) is 0 Å². The van der Waals surface area contributed by atoms with Crippen molar-refractivity contribution in [1.82, 2.24) is 10.2 Å². The van der Waals surface area contributed by atoms with Gasteiger partial charge in [0.15, 0.2) is 0 Å². The largest absolute Gasteiger partial charge is 0.350 e. The van der Waals surface area contributed by atoms with E-state index in [4.69, 9.17) is 34.8 Å². The molecular formula is C28H30Cl3N3O4S. The van der Waals surface area contributed by atoms with Gasteiger partial charge >= 0.3 is 0 Å². The highest BCUT2D eigenvalue weighted by Crippen LogP contribution is 2.33. The van der Waals surface area contributed by atoms with E-state index in [1.165, 1.54) is 35.2 Å². The lowest BCUT2D eigenvalue weighted by Gasteiger charge is -2.33. The SMILES string of the molecule is CC(C(=O)NC(C)(C)C)N(Cc1ccc(Cl)cc1)C(=O)CN(c1ccc(Cl)cc1Cl)S(=O)(=O)c1ccccc1. The Labute approximate surface area is 244 Å². The van der Waals surface area contributed by atoms with Gasteiger partial charge in [0.25, 0.3) is 10.0 Å². The normalized spacial score (nSPS) is 12.5. The molecule has 0 saturated heterocycles. The van der Waals surface area contributed by atoms with Crippen molar-refractivity contribution in [2.75, 3.05) is 10.8 Å². The maximum atomic E-state index is 13.9. The van der Waals surface area contributed by atoms with Gasteiger partial charge in [-0.05, 0) is 75.7 Å². The maximum absolute atomic E-state index is 13.9. The van der Waals surface area contributed by atoms with Gasteiger partial charge in [-0.25, -0.2) is 8.42 Å². The number of rotatable bonds is 9. The molecule has 0 aliphatic heterocycles. The van der Waals surface area contributed by atoms with Gasteiger partial charge in [0.05, 0.1) is 15.6 Å². The van der Waals surface area contributed by atoms with E-state index >= 15 is 0 Å². The number of nitrogens with one attached hydrogen (secondary N) is 1. The molecule has 0 aliphatic carbocycles. The predicted molar refractivity (Wildman–Crippen MR) is 157 cm³/mol. The van der Waals surface area contributed by atoms with Gasteiger partial charge < -0.3 is 10.2 Å². The third-order valence-corrected chi connectivity index (χ3v) is 8.28. The van der Waals surface area contributed by atoms with Crippen LogP contribution in [-0.4, -0.2) is 43.3 Å². The number of sulfonamides is 1. The van der Waals surface area contributed by atoms with Gasteiger partial charge in [0, 0.05) is 22.1 Å². The minimum absolute atomic E-state index is 0.0217. The van der Waals surface area contributed by atoms with Crippen molar-refractivity contribution in [3.63, 3.8) is 0 Å². The number of hydrogen-bond donors (Lipinski definition) is 1. The summed E-state index contributed by atoms with van der Waals surface area (Å²) in [5.41, 5.74) is 0.251. The van der Waals surface area contributed by atoms with Crippen LogP contribution in [-0.2, 0) is 26.2 Å². The minimum atomic E-state index is -4.23. The molecule has 11 heteroatoms. The molecule has 0 radical (unpaired) electrons. The van der Waals surface area contributed by atoms with E-state index in [1.54, 1.807) is 49.4 Å². The Bertz CT molecular complexity index is 1430. The quantitative estimate of drug-likeness (QED) is 0.314. The lowest BCUT2D eigenvalue weighted by molar-refractivity contribution is -0.140. The molecule has 0 bridgehead atoms. The Morgan fingerprint density at radius 3 is 2.05 bits per heavy atom. The van der Waals surface area contributed by atoms with E-state index in [2.05, 4.69) is 5.32 Å². The second-order valence-corrected chi connectivity index (χ2v) is 13.1. The van der Waals surface area contributed by atoms with E-state index in [1.807, 2.05) is 20.8 Å². The van der Waals surface area contributed by atoms with Gasteiger partial charge in [-0.15, -0.1) is 0 Å². The van der Waals surface area contributed by atoms with E-state index in [0.29, 0.717) is 15.6 Å². The standard InChI is InChI=1S/C28H30Cl3N3O4S/c1-19(27(36)32-28(2,3)4)33(17-20-10-12-21(29)13-11-20)26(35)18-34(25-15-14-22(30)16-24(25)31)39(37,38)23-8-6-5-7-9-23/h5-16,19H,17-18H2,1-4H3,(H,32,36). The zero-order chi connectivity index (χ0) is 29.0. The number of nitrogens with zero attached hydrogens (tertiary/aromatic N) is 2. The third-order valence-electron chi connectivity index (χ3n) is 5.72. The molecule has 0 heterocycles. The molecular weight excluding hydrogens is 581 g/mol. The lowest BCUT2D eigenvalue weighted by Crippen LogP contribution is -2.54. The molecule has 3 rings (SSSR count). The number of halogens is 3. The number of anilines is 1. The first kappa shape index (κ1) is 30.8. The molecule has 0 aromatic heterocycles. The monoisotopic (exact) mass is 609 g/mol. The lowest BCUT2D eigenvalue weighted by atomic mass is 10.1. The molecule has 39 heavy (non-hydrogen) atoms. The third kappa shape index (κ3) is 8.11. The fraction of sp³-hybridized carbons (Fsp3) is 0.286. The smallest absolute Gasteiger partial charge is 0.264 e. The van der Waals surface area contributed by atoms with Crippen LogP contribution in [0.15, 0.2) is 77.7 Å². The average molecular weight is 611 g/mol. The first-order valence-corrected chi connectivity index (χ1v) is 14.7. The van der Waals surface area contributed by atoms with E-state index < -0.39 is 34.1 Å². The van der Waals surface area contributed by atoms with Crippen LogP contribution in [0.5, 0.6) is 0 Å². The molecule has 0 fully saturated rings. The molecule has 0 spiro atoms. The maximum Gasteiger partial charge on any atom is 0.264 e. The number of carbonyl (C=O) groups excluding carboxylic acids is 2. The van der Waals surface area contributed by atoms with Crippen LogP contribution in [0.3, 0.4) is 0 Å². The fourth-order valence-corrected chi connectivity index (χ4v) is 5.90. The van der Waals surface area contributed by atoms with E-state index in [0.717, 1.165) is 4.31 Å². The Balaban J connectivity index is 2.05. The molecule has 3 aromatic carbocycles. The first-order chi connectivity index (χ1) is 18.2. The topological polar surface area (TPSA) is 86.8 Å². The second-order valence-electron chi connectivity index (χ2n) is 9.98. The van der Waals surface area contributed by atoms with Crippen LogP contribution >= 0.6 is 34.8 Å². The van der Waals surface area contributed by atoms with Crippen molar-refractivity contribution in [1.29, 1.82) is 0 Å². The highest BCUT2D eigenvalue weighted by molar-refractivity contribution is 7.92. The Morgan fingerprint density at radius 1 is 0.897 bits per heavy atom. The Hall–Kier alpha value is -2.78. The molecule has 7 nitrogen and oxygen atoms in total. The highest BCUT2D eigenvalue weighted by Gasteiger charge is 2.34. The summed E-state index contributed by atoms with van der Waals surface area (Å²) < 4.78 is 28.5. The Kier molecular flexibility index (Phi) is 9.93. The van der Waals surface area contributed by atoms with Gasteiger partial charge in [-0.1, -0.05) is 65.1 Å².